The Kier molecular flexibility index (Phi) is 6.23. The first-order valence-electron chi connectivity index (χ1n) is 7.49. The quantitative estimate of drug-likeness (QED) is 0.824. The summed E-state index contributed by atoms with van der Waals surface area (Å²) in [6.45, 7) is 0.334. The van der Waals surface area contributed by atoms with Crippen LogP contribution in [-0.4, -0.2) is 17.6 Å². The first-order chi connectivity index (χ1) is 11.0. The normalized spacial score (nSPS) is 12.0. The first-order valence-corrected chi connectivity index (χ1v) is 7.49. The van der Waals surface area contributed by atoms with Crippen molar-refractivity contribution in [3.63, 3.8) is 0 Å². The topological polar surface area (TPSA) is 49.3 Å². The molecule has 0 saturated carbocycles. The van der Waals surface area contributed by atoms with Gasteiger partial charge >= 0.3 is 0 Å². The number of hydrogen-bond donors (Lipinski definition) is 2. The van der Waals surface area contributed by atoms with Gasteiger partial charge in [0.25, 0.3) is 0 Å². The molecular formula is C18H19F2NO2. The van der Waals surface area contributed by atoms with Crippen LogP contribution >= 0.6 is 0 Å². The van der Waals surface area contributed by atoms with E-state index in [1.807, 2.05) is 0 Å². The molecule has 0 aromatic heterocycles. The molecule has 0 aliphatic heterocycles. The van der Waals surface area contributed by atoms with Crippen molar-refractivity contribution < 1.29 is 18.7 Å². The zero-order valence-corrected chi connectivity index (χ0v) is 12.6. The van der Waals surface area contributed by atoms with Gasteiger partial charge in [0, 0.05) is 13.0 Å². The van der Waals surface area contributed by atoms with Gasteiger partial charge in [-0.15, -0.1) is 0 Å². The molecule has 0 radical (unpaired) electrons. The maximum Gasteiger partial charge on any atom is 0.220 e. The van der Waals surface area contributed by atoms with E-state index in [9.17, 15) is 18.7 Å². The first kappa shape index (κ1) is 17.1. The highest BCUT2D eigenvalue weighted by molar-refractivity contribution is 5.76. The molecule has 122 valence electrons. The van der Waals surface area contributed by atoms with Gasteiger partial charge in [-0.1, -0.05) is 24.3 Å². The molecule has 1 unspecified atom stereocenters. The maximum absolute atomic E-state index is 12.8. The Morgan fingerprint density at radius 2 is 1.57 bits per heavy atom. The Morgan fingerprint density at radius 3 is 2.17 bits per heavy atom. The van der Waals surface area contributed by atoms with Crippen LogP contribution in [0.3, 0.4) is 0 Å². The van der Waals surface area contributed by atoms with Crippen LogP contribution in [0.15, 0.2) is 48.5 Å². The molecule has 0 heterocycles. The molecule has 0 bridgehead atoms. The number of aliphatic hydroxyl groups is 1. The molecule has 1 atom stereocenters. The summed E-state index contributed by atoms with van der Waals surface area (Å²) in [6.07, 6.45) is 0.451. The molecule has 1 amide bonds. The van der Waals surface area contributed by atoms with E-state index in [1.54, 1.807) is 12.1 Å². The molecule has 0 spiro atoms. The number of carbonyl (C=O) groups is 1. The molecule has 3 nitrogen and oxygen atoms in total. The van der Waals surface area contributed by atoms with Crippen LogP contribution in [-0.2, 0) is 11.2 Å². The van der Waals surface area contributed by atoms with Gasteiger partial charge in [0.1, 0.15) is 11.6 Å². The fourth-order valence-electron chi connectivity index (χ4n) is 2.20. The number of benzene rings is 2. The largest absolute Gasteiger partial charge is 0.388 e. The van der Waals surface area contributed by atoms with E-state index >= 15 is 0 Å². The fourth-order valence-corrected chi connectivity index (χ4v) is 2.20. The SMILES string of the molecule is O=C(CCc1ccc(F)cc1)NCCC(O)c1ccc(F)cc1. The average Bonchev–Trinajstić information content (AvgIpc) is 2.55. The number of carbonyl (C=O) groups excluding carboxylic acids is 1. The zero-order chi connectivity index (χ0) is 16.7. The Labute approximate surface area is 134 Å². The maximum atomic E-state index is 12.8. The third kappa shape index (κ3) is 5.79. The standard InChI is InChI=1S/C18H19F2NO2/c19-15-6-1-13(2-7-15)3-10-18(23)21-12-11-17(22)14-4-8-16(20)9-5-14/h1-2,4-9,17,22H,3,10-12H2,(H,21,23). The van der Waals surface area contributed by atoms with Crippen molar-refractivity contribution in [2.24, 2.45) is 0 Å². The minimum Gasteiger partial charge on any atom is -0.388 e. The van der Waals surface area contributed by atoms with Gasteiger partial charge in [-0.2, -0.15) is 0 Å². The van der Waals surface area contributed by atoms with Crippen molar-refractivity contribution in [1.82, 2.24) is 5.32 Å². The molecule has 0 saturated heterocycles. The minimum absolute atomic E-state index is 0.124. The predicted octanol–water partition coefficient (Wildman–Crippen LogP) is 3.14. The van der Waals surface area contributed by atoms with E-state index in [1.165, 1.54) is 36.4 Å². The van der Waals surface area contributed by atoms with Gasteiger partial charge in [-0.25, -0.2) is 8.78 Å². The molecule has 2 rings (SSSR count). The smallest absolute Gasteiger partial charge is 0.220 e. The molecule has 23 heavy (non-hydrogen) atoms. The van der Waals surface area contributed by atoms with Crippen LogP contribution < -0.4 is 5.32 Å². The second kappa shape index (κ2) is 8.39. The van der Waals surface area contributed by atoms with E-state index in [2.05, 4.69) is 5.32 Å². The summed E-state index contributed by atoms with van der Waals surface area (Å²) < 4.78 is 25.6. The molecule has 0 aliphatic rings. The second-order valence-corrected chi connectivity index (χ2v) is 5.33. The third-order valence-electron chi connectivity index (χ3n) is 3.55. The summed E-state index contributed by atoms with van der Waals surface area (Å²) in [7, 11) is 0. The lowest BCUT2D eigenvalue weighted by atomic mass is 10.1. The molecule has 2 aromatic rings. The van der Waals surface area contributed by atoms with Crippen molar-refractivity contribution in [3.8, 4) is 0 Å². The number of nitrogens with one attached hydrogen (secondary N) is 1. The van der Waals surface area contributed by atoms with E-state index in [-0.39, 0.29) is 17.5 Å². The molecule has 0 aliphatic carbocycles. The van der Waals surface area contributed by atoms with Gasteiger partial charge in [-0.3, -0.25) is 4.79 Å². The minimum atomic E-state index is -0.743. The lowest BCUT2D eigenvalue weighted by molar-refractivity contribution is -0.121. The fraction of sp³-hybridized carbons (Fsp3) is 0.278. The summed E-state index contributed by atoms with van der Waals surface area (Å²) in [5.41, 5.74) is 1.51. The lowest BCUT2D eigenvalue weighted by Gasteiger charge is -2.11. The zero-order valence-electron chi connectivity index (χ0n) is 12.6. The summed E-state index contributed by atoms with van der Waals surface area (Å²) in [4.78, 5) is 11.7. The Morgan fingerprint density at radius 1 is 1.00 bits per heavy atom. The number of halogens is 2. The van der Waals surface area contributed by atoms with Crippen LogP contribution in [0.5, 0.6) is 0 Å². The van der Waals surface area contributed by atoms with E-state index in [0.29, 0.717) is 31.4 Å². The average molecular weight is 319 g/mol. The van der Waals surface area contributed by atoms with Crippen LogP contribution in [0.1, 0.15) is 30.1 Å². The highest BCUT2D eigenvalue weighted by atomic mass is 19.1. The van der Waals surface area contributed by atoms with Gasteiger partial charge in [0.05, 0.1) is 6.10 Å². The monoisotopic (exact) mass is 319 g/mol. The number of aryl methyl sites for hydroxylation is 1. The van der Waals surface area contributed by atoms with Gasteiger partial charge in [0.2, 0.25) is 5.91 Å². The number of rotatable bonds is 7. The highest BCUT2D eigenvalue weighted by Gasteiger charge is 2.08. The highest BCUT2D eigenvalue weighted by Crippen LogP contribution is 2.16. The summed E-state index contributed by atoms with van der Waals surface area (Å²) >= 11 is 0. The Balaban J connectivity index is 1.68. The Hall–Kier alpha value is -2.27. The number of hydrogen-bond acceptors (Lipinski definition) is 2. The van der Waals surface area contributed by atoms with Crippen molar-refractivity contribution in [3.05, 3.63) is 71.3 Å². The van der Waals surface area contributed by atoms with Gasteiger partial charge in [-0.05, 0) is 48.2 Å². The number of amides is 1. The van der Waals surface area contributed by atoms with Crippen molar-refractivity contribution in [2.45, 2.75) is 25.4 Å². The van der Waals surface area contributed by atoms with Crippen LogP contribution in [0.4, 0.5) is 8.78 Å². The summed E-state index contributed by atoms with van der Waals surface area (Å²) in [5.74, 6) is -0.774. The lowest BCUT2D eigenvalue weighted by Crippen LogP contribution is -2.25. The van der Waals surface area contributed by atoms with Crippen LogP contribution in [0, 0.1) is 11.6 Å². The Bertz CT molecular complexity index is 626. The predicted molar refractivity (Wildman–Crippen MR) is 83.7 cm³/mol. The molecule has 2 N–H and O–H groups in total. The van der Waals surface area contributed by atoms with Crippen LogP contribution in [0.2, 0.25) is 0 Å². The third-order valence-corrected chi connectivity index (χ3v) is 3.55. The van der Waals surface area contributed by atoms with Crippen molar-refractivity contribution >= 4 is 5.91 Å². The van der Waals surface area contributed by atoms with E-state index in [0.717, 1.165) is 5.56 Å². The van der Waals surface area contributed by atoms with Crippen LogP contribution in [0.25, 0.3) is 0 Å². The second-order valence-electron chi connectivity index (χ2n) is 5.33. The molecular weight excluding hydrogens is 300 g/mol. The summed E-state index contributed by atoms with van der Waals surface area (Å²) in [6, 6.07) is 11.7. The van der Waals surface area contributed by atoms with E-state index in [4.69, 9.17) is 0 Å². The molecule has 0 fully saturated rings. The van der Waals surface area contributed by atoms with Crippen molar-refractivity contribution in [2.75, 3.05) is 6.54 Å². The molecule has 2 aromatic carbocycles. The molecule has 5 heteroatoms. The van der Waals surface area contributed by atoms with Gasteiger partial charge in [0.15, 0.2) is 0 Å². The van der Waals surface area contributed by atoms with Gasteiger partial charge < -0.3 is 10.4 Å². The van der Waals surface area contributed by atoms with Crippen molar-refractivity contribution in [1.29, 1.82) is 0 Å². The van der Waals surface area contributed by atoms with E-state index < -0.39 is 6.10 Å². The summed E-state index contributed by atoms with van der Waals surface area (Å²) in [5, 5.41) is 12.7. The number of aliphatic hydroxyl groups excluding tert-OH is 1.